The zero-order valence-corrected chi connectivity index (χ0v) is 14.0. The topological polar surface area (TPSA) is 20.5 Å². The number of hydrogen-bond acceptors (Lipinski definition) is 3. The lowest BCUT2D eigenvalue weighted by atomic mass is 9.77. The molecule has 5 heteroatoms. The predicted molar refractivity (Wildman–Crippen MR) is 88.0 cm³/mol. The van der Waals surface area contributed by atoms with Crippen LogP contribution in [0.2, 0.25) is 0 Å². The Bertz CT molecular complexity index is 602. The molecule has 0 atom stereocenters. The Kier molecular flexibility index (Phi) is 3.30. The lowest BCUT2D eigenvalue weighted by molar-refractivity contribution is 0.226. The Labute approximate surface area is 132 Å². The van der Waals surface area contributed by atoms with Crippen LogP contribution in [0, 0.1) is 5.41 Å². The lowest BCUT2D eigenvalue weighted by Gasteiger charge is -2.39. The second kappa shape index (κ2) is 5.02. The van der Waals surface area contributed by atoms with E-state index in [0.717, 1.165) is 10.3 Å². The molecule has 1 spiro atoms. The van der Waals surface area contributed by atoms with Crippen LogP contribution in [-0.2, 0) is 5.33 Å². The SMILES string of the molecule is BrCc1c(N2CCC3(CCCC3)CC2)nc2sccn12. The van der Waals surface area contributed by atoms with Gasteiger partial charge in [-0.2, -0.15) is 0 Å². The third kappa shape index (κ3) is 2.01. The van der Waals surface area contributed by atoms with E-state index in [0.29, 0.717) is 5.41 Å². The van der Waals surface area contributed by atoms with Gasteiger partial charge in [0.05, 0.1) is 5.69 Å². The van der Waals surface area contributed by atoms with E-state index in [4.69, 9.17) is 4.98 Å². The molecule has 2 fully saturated rings. The van der Waals surface area contributed by atoms with Crippen molar-refractivity contribution in [2.24, 2.45) is 5.41 Å². The summed E-state index contributed by atoms with van der Waals surface area (Å²) < 4.78 is 2.23. The van der Waals surface area contributed by atoms with Gasteiger partial charge in [0.15, 0.2) is 10.8 Å². The number of halogens is 1. The third-order valence-electron chi connectivity index (χ3n) is 5.25. The zero-order chi connectivity index (χ0) is 13.6. The molecule has 2 aliphatic rings. The lowest BCUT2D eigenvalue weighted by Crippen LogP contribution is -2.39. The molecule has 0 N–H and O–H groups in total. The molecule has 1 aliphatic carbocycles. The summed E-state index contributed by atoms with van der Waals surface area (Å²) in [6.45, 7) is 2.37. The molecular weight excluding hydrogens is 334 g/mol. The predicted octanol–water partition coefficient (Wildman–Crippen LogP) is 4.45. The second-order valence-corrected chi connectivity index (χ2v) is 7.70. The standard InChI is InChI=1S/C15H20BrN3S/c16-11-12-13(17-14-19(12)9-10-20-14)18-7-5-15(6-8-18)3-1-2-4-15/h9-10H,1-8,11H2. The molecule has 0 amide bonds. The largest absolute Gasteiger partial charge is 0.355 e. The van der Waals surface area contributed by atoms with Crippen molar-refractivity contribution >= 4 is 38.0 Å². The van der Waals surface area contributed by atoms with Gasteiger partial charge in [0, 0.05) is 30.0 Å². The summed E-state index contributed by atoms with van der Waals surface area (Å²) in [6, 6.07) is 0. The van der Waals surface area contributed by atoms with Gasteiger partial charge in [-0.05, 0) is 31.1 Å². The van der Waals surface area contributed by atoms with E-state index in [1.165, 1.54) is 63.1 Å². The smallest absolute Gasteiger partial charge is 0.195 e. The molecule has 20 heavy (non-hydrogen) atoms. The molecule has 3 heterocycles. The Balaban J connectivity index is 1.59. The highest BCUT2D eigenvalue weighted by molar-refractivity contribution is 9.08. The first-order chi connectivity index (χ1) is 9.81. The highest BCUT2D eigenvalue weighted by Crippen LogP contribution is 2.46. The fourth-order valence-corrected chi connectivity index (χ4v) is 5.27. The van der Waals surface area contributed by atoms with Crippen molar-refractivity contribution in [1.82, 2.24) is 9.38 Å². The molecule has 0 radical (unpaired) electrons. The van der Waals surface area contributed by atoms with Crippen molar-refractivity contribution in [2.75, 3.05) is 18.0 Å². The zero-order valence-electron chi connectivity index (χ0n) is 11.6. The summed E-state index contributed by atoms with van der Waals surface area (Å²) in [7, 11) is 0. The number of anilines is 1. The number of aromatic nitrogens is 2. The molecular formula is C15H20BrN3S. The van der Waals surface area contributed by atoms with Gasteiger partial charge in [0.1, 0.15) is 0 Å². The first-order valence-corrected chi connectivity index (χ1v) is 9.57. The molecule has 1 saturated heterocycles. The maximum atomic E-state index is 4.86. The molecule has 1 aliphatic heterocycles. The number of fused-ring (bicyclic) bond motifs is 1. The van der Waals surface area contributed by atoms with Gasteiger partial charge in [-0.3, -0.25) is 4.40 Å². The number of imidazole rings is 1. The highest BCUT2D eigenvalue weighted by Gasteiger charge is 2.37. The van der Waals surface area contributed by atoms with E-state index >= 15 is 0 Å². The minimum absolute atomic E-state index is 0.683. The minimum Gasteiger partial charge on any atom is -0.355 e. The van der Waals surface area contributed by atoms with Crippen LogP contribution in [0.1, 0.15) is 44.2 Å². The van der Waals surface area contributed by atoms with Crippen molar-refractivity contribution in [3.8, 4) is 0 Å². The number of nitrogens with zero attached hydrogens (tertiary/aromatic N) is 3. The normalized spacial score (nSPS) is 22.1. The van der Waals surface area contributed by atoms with Gasteiger partial charge in [-0.1, -0.05) is 28.8 Å². The maximum Gasteiger partial charge on any atom is 0.195 e. The quantitative estimate of drug-likeness (QED) is 0.743. The van der Waals surface area contributed by atoms with Crippen LogP contribution in [-0.4, -0.2) is 22.5 Å². The Morgan fingerprint density at radius 1 is 1.20 bits per heavy atom. The molecule has 108 valence electrons. The molecule has 3 nitrogen and oxygen atoms in total. The van der Waals surface area contributed by atoms with Gasteiger partial charge in [-0.15, -0.1) is 11.3 Å². The maximum absolute atomic E-state index is 4.86. The molecule has 0 bridgehead atoms. The van der Waals surface area contributed by atoms with Crippen molar-refractivity contribution in [3.05, 3.63) is 17.3 Å². The van der Waals surface area contributed by atoms with E-state index in [-0.39, 0.29) is 0 Å². The number of thiazole rings is 1. The van der Waals surface area contributed by atoms with Crippen molar-refractivity contribution in [2.45, 2.75) is 43.9 Å². The van der Waals surface area contributed by atoms with Crippen LogP contribution in [0.5, 0.6) is 0 Å². The number of hydrogen-bond donors (Lipinski definition) is 0. The monoisotopic (exact) mass is 353 g/mol. The van der Waals surface area contributed by atoms with E-state index in [2.05, 4.69) is 36.8 Å². The fraction of sp³-hybridized carbons (Fsp3) is 0.667. The van der Waals surface area contributed by atoms with Crippen LogP contribution >= 0.6 is 27.3 Å². The average Bonchev–Trinajstić information content (AvgIpc) is 3.15. The van der Waals surface area contributed by atoms with Crippen LogP contribution in [0.25, 0.3) is 4.96 Å². The Morgan fingerprint density at radius 3 is 2.65 bits per heavy atom. The fourth-order valence-electron chi connectivity index (χ4n) is 4.02. The highest BCUT2D eigenvalue weighted by atomic mass is 79.9. The van der Waals surface area contributed by atoms with E-state index in [9.17, 15) is 0 Å². The van der Waals surface area contributed by atoms with Crippen LogP contribution in [0.4, 0.5) is 5.82 Å². The summed E-state index contributed by atoms with van der Waals surface area (Å²) >= 11 is 5.36. The Morgan fingerprint density at radius 2 is 1.95 bits per heavy atom. The van der Waals surface area contributed by atoms with Crippen molar-refractivity contribution < 1.29 is 0 Å². The second-order valence-electron chi connectivity index (χ2n) is 6.27. The van der Waals surface area contributed by atoms with E-state index in [1.54, 1.807) is 11.3 Å². The molecule has 0 aromatic carbocycles. The molecule has 2 aromatic heterocycles. The summed E-state index contributed by atoms with van der Waals surface area (Å²) in [5, 5.41) is 2.99. The molecule has 0 unspecified atom stereocenters. The molecule has 4 rings (SSSR count). The van der Waals surface area contributed by atoms with Gasteiger partial charge in [0.25, 0.3) is 0 Å². The van der Waals surface area contributed by atoms with Gasteiger partial charge >= 0.3 is 0 Å². The van der Waals surface area contributed by atoms with E-state index < -0.39 is 0 Å². The van der Waals surface area contributed by atoms with Crippen LogP contribution < -0.4 is 4.90 Å². The number of alkyl halides is 1. The van der Waals surface area contributed by atoms with E-state index in [1.807, 2.05) is 0 Å². The van der Waals surface area contributed by atoms with Crippen LogP contribution in [0.15, 0.2) is 11.6 Å². The first-order valence-electron chi connectivity index (χ1n) is 7.57. The summed E-state index contributed by atoms with van der Waals surface area (Å²) in [6.07, 6.45) is 10.7. The number of piperidine rings is 1. The van der Waals surface area contributed by atoms with Crippen molar-refractivity contribution in [3.63, 3.8) is 0 Å². The average molecular weight is 354 g/mol. The molecule has 1 saturated carbocycles. The Hall–Kier alpha value is -0.550. The summed E-state index contributed by atoms with van der Waals surface area (Å²) in [4.78, 5) is 8.49. The van der Waals surface area contributed by atoms with Gasteiger partial charge in [-0.25, -0.2) is 4.98 Å². The summed E-state index contributed by atoms with van der Waals surface area (Å²) in [5.41, 5.74) is 1.99. The minimum atomic E-state index is 0.683. The first kappa shape index (κ1) is 13.1. The molecule has 2 aromatic rings. The third-order valence-corrected chi connectivity index (χ3v) is 6.54. The van der Waals surface area contributed by atoms with Crippen LogP contribution in [0.3, 0.4) is 0 Å². The van der Waals surface area contributed by atoms with Crippen molar-refractivity contribution in [1.29, 1.82) is 0 Å². The van der Waals surface area contributed by atoms with Gasteiger partial charge in [0.2, 0.25) is 0 Å². The number of rotatable bonds is 2. The van der Waals surface area contributed by atoms with Gasteiger partial charge < -0.3 is 4.90 Å². The summed E-state index contributed by atoms with van der Waals surface area (Å²) in [5.74, 6) is 1.21.